The number of nitrogens with zero attached hydrogens (tertiary/aromatic N) is 1. The number of fused-ring (bicyclic) bond motifs is 1. The third-order valence-corrected chi connectivity index (χ3v) is 5.98. The van der Waals surface area contributed by atoms with Gasteiger partial charge in [-0.2, -0.15) is 0 Å². The fourth-order valence-corrected chi connectivity index (χ4v) is 5.41. The number of halogens is 1. The molecule has 2 aromatic rings. The molecule has 0 saturated carbocycles. The summed E-state index contributed by atoms with van der Waals surface area (Å²) in [6.07, 6.45) is 0. The Kier molecular flexibility index (Phi) is 2.88. The van der Waals surface area contributed by atoms with Crippen molar-refractivity contribution < 1.29 is 8.42 Å². The Morgan fingerprint density at radius 1 is 1.39 bits per heavy atom. The quantitative estimate of drug-likeness (QED) is 0.926. The van der Waals surface area contributed by atoms with Gasteiger partial charge in [0, 0.05) is 10.4 Å². The van der Waals surface area contributed by atoms with Gasteiger partial charge in [-0.3, -0.25) is 0 Å². The molecule has 1 aliphatic heterocycles. The molecule has 0 unspecified atom stereocenters. The number of H-pyrrole nitrogens is 1. The van der Waals surface area contributed by atoms with Crippen LogP contribution in [0.5, 0.6) is 0 Å². The Morgan fingerprint density at radius 3 is 2.83 bits per heavy atom. The van der Waals surface area contributed by atoms with Crippen LogP contribution in [0.2, 0.25) is 0 Å². The third-order valence-electron chi connectivity index (χ3n) is 2.60. The van der Waals surface area contributed by atoms with E-state index in [1.807, 2.05) is 24.3 Å². The number of aromatic nitrogens is 2. The number of sulfone groups is 1. The highest BCUT2D eigenvalue weighted by atomic mass is 35.5. The zero-order valence-electron chi connectivity index (χ0n) is 9.13. The smallest absolute Gasteiger partial charge is 0.174 e. The van der Waals surface area contributed by atoms with Gasteiger partial charge in [0.25, 0.3) is 0 Å². The van der Waals surface area contributed by atoms with Crippen molar-refractivity contribution in [3.05, 3.63) is 34.7 Å². The van der Waals surface area contributed by atoms with Crippen LogP contribution < -0.4 is 0 Å². The molecule has 0 radical (unpaired) electrons. The van der Waals surface area contributed by atoms with Gasteiger partial charge in [-0.05, 0) is 12.1 Å². The molecule has 0 bridgehead atoms. The molecule has 7 heteroatoms. The van der Waals surface area contributed by atoms with Crippen molar-refractivity contribution >= 4 is 44.2 Å². The van der Waals surface area contributed by atoms with Gasteiger partial charge in [0.1, 0.15) is 0 Å². The highest BCUT2D eigenvalue weighted by molar-refractivity contribution is 8.02. The van der Waals surface area contributed by atoms with E-state index in [0.717, 1.165) is 16.4 Å². The van der Waals surface area contributed by atoms with E-state index in [1.165, 1.54) is 11.8 Å². The highest BCUT2D eigenvalue weighted by Crippen LogP contribution is 2.34. The van der Waals surface area contributed by atoms with Crippen molar-refractivity contribution in [2.45, 2.75) is 10.4 Å². The topological polar surface area (TPSA) is 62.8 Å². The minimum absolute atomic E-state index is 0.0353. The largest absolute Gasteiger partial charge is 0.333 e. The Balaban J connectivity index is 1.88. The Bertz CT molecular complexity index is 703. The number of para-hydroxylation sites is 2. The van der Waals surface area contributed by atoms with Gasteiger partial charge in [-0.15, -0.1) is 0 Å². The lowest BCUT2D eigenvalue weighted by Gasteiger charge is -2.05. The maximum absolute atomic E-state index is 11.4. The van der Waals surface area contributed by atoms with Gasteiger partial charge in [0.15, 0.2) is 15.0 Å². The predicted molar refractivity (Wildman–Crippen MR) is 73.5 cm³/mol. The van der Waals surface area contributed by atoms with Crippen molar-refractivity contribution in [1.29, 1.82) is 0 Å². The van der Waals surface area contributed by atoms with E-state index in [-0.39, 0.29) is 11.0 Å². The molecular weight excluding hydrogens is 292 g/mol. The Labute approximate surface area is 113 Å². The van der Waals surface area contributed by atoms with E-state index in [0.29, 0.717) is 10.2 Å². The fraction of sp³-hybridized carbons (Fsp3) is 0.182. The maximum atomic E-state index is 11.4. The number of hydrogen-bond donors (Lipinski definition) is 1. The monoisotopic (exact) mass is 300 g/mol. The highest BCUT2D eigenvalue weighted by Gasteiger charge is 2.30. The van der Waals surface area contributed by atoms with Crippen LogP contribution in [-0.2, 0) is 9.84 Å². The molecule has 1 atom stereocenters. The average molecular weight is 301 g/mol. The number of thioether (sulfide) groups is 1. The number of benzene rings is 1. The first-order valence-corrected chi connectivity index (χ1v) is 8.22. The van der Waals surface area contributed by atoms with E-state index >= 15 is 0 Å². The molecule has 1 aromatic carbocycles. The summed E-state index contributed by atoms with van der Waals surface area (Å²) in [5, 5.41) is 1.91. The van der Waals surface area contributed by atoms with Gasteiger partial charge in [-0.1, -0.05) is 35.5 Å². The molecular formula is C11H9ClN2O2S2. The minimum atomic E-state index is -3.15. The SMILES string of the molecule is O=S1(=O)C=C(Cl)[C@H](Sc2nc3ccccc3[nH]2)C1. The summed E-state index contributed by atoms with van der Waals surface area (Å²) in [6.45, 7) is 0. The van der Waals surface area contributed by atoms with Crippen LogP contribution in [0.3, 0.4) is 0 Å². The first-order valence-electron chi connectivity index (χ1n) is 5.25. The summed E-state index contributed by atoms with van der Waals surface area (Å²) in [5.41, 5.74) is 1.79. The first-order chi connectivity index (χ1) is 8.53. The second kappa shape index (κ2) is 4.29. The van der Waals surface area contributed by atoms with Crippen molar-refractivity contribution in [2.24, 2.45) is 0 Å². The summed E-state index contributed by atoms with van der Waals surface area (Å²) >= 11 is 7.27. The lowest BCUT2D eigenvalue weighted by Crippen LogP contribution is -2.08. The molecule has 0 fully saturated rings. The molecule has 3 rings (SSSR count). The normalized spacial score (nSPS) is 22.3. The summed E-state index contributed by atoms with van der Waals surface area (Å²) in [7, 11) is -3.15. The molecule has 94 valence electrons. The van der Waals surface area contributed by atoms with Gasteiger partial charge >= 0.3 is 0 Å². The number of nitrogens with one attached hydrogen (secondary N) is 1. The van der Waals surface area contributed by atoms with Crippen LogP contribution in [0.25, 0.3) is 11.0 Å². The summed E-state index contributed by atoms with van der Waals surface area (Å²) in [6, 6.07) is 7.65. The summed E-state index contributed by atoms with van der Waals surface area (Å²) in [5.74, 6) is 0.0353. The number of rotatable bonds is 2. The third kappa shape index (κ3) is 2.28. The van der Waals surface area contributed by atoms with E-state index in [4.69, 9.17) is 11.6 Å². The molecule has 0 amide bonds. The van der Waals surface area contributed by atoms with E-state index in [1.54, 1.807) is 0 Å². The Hall–Kier alpha value is -0.980. The summed E-state index contributed by atoms with van der Waals surface area (Å²) < 4.78 is 22.8. The van der Waals surface area contributed by atoms with Crippen LogP contribution in [-0.4, -0.2) is 29.4 Å². The van der Waals surface area contributed by atoms with Crippen LogP contribution in [0.1, 0.15) is 0 Å². The fourth-order valence-electron chi connectivity index (χ4n) is 1.80. The molecule has 2 heterocycles. The van der Waals surface area contributed by atoms with Crippen molar-refractivity contribution in [3.8, 4) is 0 Å². The van der Waals surface area contributed by atoms with E-state index < -0.39 is 9.84 Å². The molecule has 18 heavy (non-hydrogen) atoms. The van der Waals surface area contributed by atoms with Gasteiger partial charge < -0.3 is 4.98 Å². The summed E-state index contributed by atoms with van der Waals surface area (Å²) in [4.78, 5) is 7.53. The molecule has 0 saturated heterocycles. The average Bonchev–Trinajstić information content (AvgIpc) is 2.79. The lowest BCUT2D eigenvalue weighted by atomic mass is 10.3. The van der Waals surface area contributed by atoms with Crippen molar-refractivity contribution in [3.63, 3.8) is 0 Å². The number of imidazole rings is 1. The van der Waals surface area contributed by atoms with E-state index in [2.05, 4.69) is 9.97 Å². The minimum Gasteiger partial charge on any atom is -0.333 e. The lowest BCUT2D eigenvalue weighted by molar-refractivity contribution is 0.606. The van der Waals surface area contributed by atoms with Gasteiger partial charge in [0.2, 0.25) is 0 Å². The molecule has 1 aliphatic rings. The maximum Gasteiger partial charge on any atom is 0.174 e. The van der Waals surface area contributed by atoms with Crippen LogP contribution in [0, 0.1) is 0 Å². The number of hydrogen-bond acceptors (Lipinski definition) is 4. The molecule has 0 spiro atoms. The van der Waals surface area contributed by atoms with Crippen molar-refractivity contribution in [2.75, 3.05) is 5.75 Å². The Morgan fingerprint density at radius 2 is 2.17 bits per heavy atom. The zero-order valence-corrected chi connectivity index (χ0v) is 11.5. The predicted octanol–water partition coefficient (Wildman–Crippen LogP) is 2.53. The van der Waals surface area contributed by atoms with Crippen LogP contribution in [0.4, 0.5) is 0 Å². The zero-order chi connectivity index (χ0) is 12.8. The van der Waals surface area contributed by atoms with Gasteiger partial charge in [0.05, 0.1) is 22.0 Å². The molecule has 1 N–H and O–H groups in total. The van der Waals surface area contributed by atoms with Gasteiger partial charge in [-0.25, -0.2) is 13.4 Å². The number of aromatic amines is 1. The van der Waals surface area contributed by atoms with Crippen LogP contribution in [0.15, 0.2) is 39.9 Å². The second-order valence-electron chi connectivity index (χ2n) is 4.00. The molecule has 4 nitrogen and oxygen atoms in total. The van der Waals surface area contributed by atoms with Crippen molar-refractivity contribution in [1.82, 2.24) is 9.97 Å². The second-order valence-corrected chi connectivity index (χ2v) is 7.52. The molecule has 1 aromatic heterocycles. The first kappa shape index (κ1) is 12.1. The molecule has 0 aliphatic carbocycles. The van der Waals surface area contributed by atoms with Crippen LogP contribution >= 0.6 is 23.4 Å². The standard InChI is InChI=1S/C11H9ClN2O2S2/c12-7-5-18(15,16)6-10(7)17-11-13-8-3-1-2-4-9(8)14-11/h1-5,10H,6H2,(H,13,14)/t10-/m1/s1. The van der Waals surface area contributed by atoms with E-state index in [9.17, 15) is 8.42 Å².